The van der Waals surface area contributed by atoms with Gasteiger partial charge < -0.3 is 10.2 Å². The fourth-order valence-electron chi connectivity index (χ4n) is 3.82. The molecule has 0 radical (unpaired) electrons. The van der Waals surface area contributed by atoms with Crippen LogP contribution in [-0.2, 0) is 0 Å². The highest BCUT2D eigenvalue weighted by atomic mass is 16.3. The van der Waals surface area contributed by atoms with E-state index >= 15 is 0 Å². The Morgan fingerprint density at radius 1 is 0.643 bits per heavy atom. The van der Waals surface area contributed by atoms with Crippen LogP contribution >= 0.6 is 0 Å². The van der Waals surface area contributed by atoms with E-state index < -0.39 is 0 Å². The Morgan fingerprint density at radius 2 is 0.929 bits per heavy atom. The molecule has 0 heterocycles. The minimum absolute atomic E-state index is 0.0677. The first-order valence-corrected chi connectivity index (χ1v) is 6.00. The first kappa shape index (κ1) is 10.4. The summed E-state index contributed by atoms with van der Waals surface area (Å²) in [5.41, 5.74) is 0.135. The standard InChI is InChI=1S/C12H22O2/c13-9-11-5-1-2-6-12(11,10-14)8-4-3-7-11/h13-14H,1-10H2. The normalized spacial score (nSPS) is 43.3. The third-order valence-electron chi connectivity index (χ3n) is 4.85. The quantitative estimate of drug-likeness (QED) is 0.713. The molecule has 2 nitrogen and oxygen atoms in total. The summed E-state index contributed by atoms with van der Waals surface area (Å²) in [6.45, 7) is 0.571. The van der Waals surface area contributed by atoms with Gasteiger partial charge in [0.2, 0.25) is 0 Å². The molecule has 0 aliphatic heterocycles. The van der Waals surface area contributed by atoms with Crippen molar-refractivity contribution in [1.29, 1.82) is 0 Å². The Bertz CT molecular complexity index is 166. The van der Waals surface area contributed by atoms with E-state index in [4.69, 9.17) is 0 Å². The molecule has 2 aliphatic carbocycles. The Balaban J connectivity index is 2.27. The van der Waals surface area contributed by atoms with Gasteiger partial charge in [0.15, 0.2) is 0 Å². The van der Waals surface area contributed by atoms with Gasteiger partial charge in [-0.25, -0.2) is 0 Å². The molecule has 0 aromatic heterocycles. The van der Waals surface area contributed by atoms with Crippen LogP contribution < -0.4 is 0 Å². The van der Waals surface area contributed by atoms with Crippen molar-refractivity contribution in [3.05, 3.63) is 0 Å². The van der Waals surface area contributed by atoms with Crippen LogP contribution in [0.5, 0.6) is 0 Å². The SMILES string of the molecule is OCC12CCCCC1(CO)CCCC2. The molecule has 0 aromatic rings. The van der Waals surface area contributed by atoms with E-state index in [1.54, 1.807) is 0 Å². The number of hydrogen-bond donors (Lipinski definition) is 2. The lowest BCUT2D eigenvalue weighted by Crippen LogP contribution is -2.51. The number of rotatable bonds is 2. The Labute approximate surface area is 86.3 Å². The van der Waals surface area contributed by atoms with Crippen LogP contribution in [0, 0.1) is 10.8 Å². The zero-order valence-corrected chi connectivity index (χ0v) is 8.97. The number of aliphatic hydroxyl groups is 2. The topological polar surface area (TPSA) is 40.5 Å². The predicted molar refractivity (Wildman–Crippen MR) is 56.0 cm³/mol. The van der Waals surface area contributed by atoms with Gasteiger partial charge in [-0.05, 0) is 25.7 Å². The van der Waals surface area contributed by atoms with E-state index in [0.717, 1.165) is 25.7 Å². The molecule has 2 rings (SSSR count). The molecule has 0 amide bonds. The van der Waals surface area contributed by atoms with Crippen molar-refractivity contribution in [3.63, 3.8) is 0 Å². The van der Waals surface area contributed by atoms with Crippen LogP contribution in [-0.4, -0.2) is 23.4 Å². The van der Waals surface area contributed by atoms with Crippen LogP contribution in [0.25, 0.3) is 0 Å². The highest BCUT2D eigenvalue weighted by molar-refractivity contribution is 5.02. The van der Waals surface area contributed by atoms with E-state index in [-0.39, 0.29) is 24.0 Å². The lowest BCUT2D eigenvalue weighted by Gasteiger charge is -2.55. The van der Waals surface area contributed by atoms with Crippen LogP contribution in [0.15, 0.2) is 0 Å². The minimum Gasteiger partial charge on any atom is -0.396 e. The number of aliphatic hydroxyl groups excluding tert-OH is 2. The van der Waals surface area contributed by atoms with Crippen molar-refractivity contribution in [2.45, 2.75) is 51.4 Å². The third kappa shape index (κ3) is 1.31. The zero-order valence-electron chi connectivity index (χ0n) is 8.97. The molecule has 0 aromatic carbocycles. The monoisotopic (exact) mass is 198 g/mol. The highest BCUT2D eigenvalue weighted by Crippen LogP contribution is 2.58. The molecule has 0 saturated heterocycles. The molecule has 2 fully saturated rings. The molecule has 2 aliphatic rings. The molecule has 0 bridgehead atoms. The van der Waals surface area contributed by atoms with Gasteiger partial charge in [-0.3, -0.25) is 0 Å². The van der Waals surface area contributed by atoms with Crippen molar-refractivity contribution < 1.29 is 10.2 Å². The van der Waals surface area contributed by atoms with Gasteiger partial charge in [-0.1, -0.05) is 25.7 Å². The molecular weight excluding hydrogens is 176 g/mol. The summed E-state index contributed by atoms with van der Waals surface area (Å²) in [5.74, 6) is 0. The minimum atomic E-state index is 0.0677. The largest absolute Gasteiger partial charge is 0.396 e. The average Bonchev–Trinajstić information content (AvgIpc) is 2.28. The van der Waals surface area contributed by atoms with Crippen molar-refractivity contribution in [2.24, 2.45) is 10.8 Å². The first-order valence-electron chi connectivity index (χ1n) is 6.00. The summed E-state index contributed by atoms with van der Waals surface area (Å²) in [7, 11) is 0. The van der Waals surface area contributed by atoms with Gasteiger partial charge in [0, 0.05) is 24.0 Å². The predicted octanol–water partition coefficient (Wildman–Crippen LogP) is 2.09. The van der Waals surface area contributed by atoms with Crippen molar-refractivity contribution >= 4 is 0 Å². The van der Waals surface area contributed by atoms with E-state index in [1.807, 2.05) is 0 Å². The van der Waals surface area contributed by atoms with Crippen LogP contribution in [0.4, 0.5) is 0 Å². The maximum atomic E-state index is 9.66. The van der Waals surface area contributed by atoms with E-state index in [0.29, 0.717) is 0 Å². The lowest BCUT2D eigenvalue weighted by molar-refractivity contribution is -0.116. The highest BCUT2D eigenvalue weighted by Gasteiger charge is 2.52. The molecule has 14 heavy (non-hydrogen) atoms. The summed E-state index contributed by atoms with van der Waals surface area (Å²) in [4.78, 5) is 0. The van der Waals surface area contributed by atoms with Crippen molar-refractivity contribution in [2.75, 3.05) is 13.2 Å². The van der Waals surface area contributed by atoms with Gasteiger partial charge in [-0.2, -0.15) is 0 Å². The van der Waals surface area contributed by atoms with Crippen LogP contribution in [0.2, 0.25) is 0 Å². The second-order valence-corrected chi connectivity index (χ2v) is 5.29. The zero-order chi connectivity index (χ0) is 10.1. The molecule has 82 valence electrons. The summed E-state index contributed by atoms with van der Waals surface area (Å²) >= 11 is 0. The molecule has 0 spiro atoms. The second-order valence-electron chi connectivity index (χ2n) is 5.29. The maximum absolute atomic E-state index is 9.66. The van der Waals surface area contributed by atoms with Crippen LogP contribution in [0.1, 0.15) is 51.4 Å². The molecule has 2 saturated carbocycles. The third-order valence-corrected chi connectivity index (χ3v) is 4.85. The number of fused-ring (bicyclic) bond motifs is 1. The van der Waals surface area contributed by atoms with Gasteiger partial charge in [-0.15, -0.1) is 0 Å². The van der Waals surface area contributed by atoms with Gasteiger partial charge >= 0.3 is 0 Å². The Kier molecular flexibility index (Phi) is 2.85. The Morgan fingerprint density at radius 3 is 1.14 bits per heavy atom. The van der Waals surface area contributed by atoms with Gasteiger partial charge in [0.05, 0.1) is 0 Å². The lowest BCUT2D eigenvalue weighted by atomic mass is 9.50. The fraction of sp³-hybridized carbons (Fsp3) is 1.00. The van der Waals surface area contributed by atoms with E-state index in [1.165, 1.54) is 25.7 Å². The summed E-state index contributed by atoms with van der Waals surface area (Å²) < 4.78 is 0. The van der Waals surface area contributed by atoms with Crippen molar-refractivity contribution in [1.82, 2.24) is 0 Å². The van der Waals surface area contributed by atoms with Gasteiger partial charge in [0.25, 0.3) is 0 Å². The van der Waals surface area contributed by atoms with E-state index in [9.17, 15) is 10.2 Å². The summed E-state index contributed by atoms with van der Waals surface area (Å²) in [6, 6.07) is 0. The summed E-state index contributed by atoms with van der Waals surface area (Å²) in [5, 5.41) is 19.3. The molecule has 2 heteroatoms. The molecular formula is C12H22O2. The molecule has 2 N–H and O–H groups in total. The number of hydrogen-bond acceptors (Lipinski definition) is 2. The van der Waals surface area contributed by atoms with Gasteiger partial charge in [0.1, 0.15) is 0 Å². The average molecular weight is 198 g/mol. The van der Waals surface area contributed by atoms with E-state index in [2.05, 4.69) is 0 Å². The van der Waals surface area contributed by atoms with Crippen molar-refractivity contribution in [3.8, 4) is 0 Å². The Hall–Kier alpha value is -0.0800. The maximum Gasteiger partial charge on any atom is 0.0493 e. The van der Waals surface area contributed by atoms with Crippen LogP contribution in [0.3, 0.4) is 0 Å². The smallest absolute Gasteiger partial charge is 0.0493 e. The molecule has 0 unspecified atom stereocenters. The second kappa shape index (κ2) is 3.82. The first-order chi connectivity index (χ1) is 6.79. The summed E-state index contributed by atoms with van der Waals surface area (Å²) in [6.07, 6.45) is 9.47. The molecule has 0 atom stereocenters. The fourth-order valence-corrected chi connectivity index (χ4v) is 3.82.